The molecule has 1 saturated heterocycles. The van der Waals surface area contributed by atoms with E-state index in [0.29, 0.717) is 26.1 Å². The third kappa shape index (κ3) is 5.79. The van der Waals surface area contributed by atoms with Crippen LogP contribution < -0.4 is 0 Å². The Hall–Kier alpha value is -2.74. The van der Waals surface area contributed by atoms with E-state index in [1.807, 2.05) is 11.1 Å². The molecule has 7 nitrogen and oxygen atoms in total. The van der Waals surface area contributed by atoms with Gasteiger partial charge in [-0.3, -0.25) is 9.69 Å². The number of aromatic nitrogens is 2. The Morgan fingerprint density at radius 3 is 2.58 bits per heavy atom. The van der Waals surface area contributed by atoms with Gasteiger partial charge in [0.1, 0.15) is 5.65 Å². The molecule has 0 saturated carbocycles. The van der Waals surface area contributed by atoms with Crippen LogP contribution in [0.25, 0.3) is 16.9 Å². The molecule has 2 aromatic heterocycles. The lowest BCUT2D eigenvalue weighted by molar-refractivity contribution is -0.131. The van der Waals surface area contributed by atoms with Crippen LogP contribution in [0.3, 0.4) is 0 Å². The Labute approximate surface area is 195 Å². The zero-order valence-corrected chi connectivity index (χ0v) is 19.9. The largest absolute Gasteiger partial charge is 0.383 e. The standard InChI is InChI=1S/C26H34N4O3/c1-20-4-6-22(7-5-20)26-23(30-9-8-21(2)18-24(30)27-26)19-25(31)29(14-15-32-3)11-10-28-12-16-33-17-13-28/h4-9,18H,10-17,19H2,1-3H3. The van der Waals surface area contributed by atoms with E-state index in [4.69, 9.17) is 14.5 Å². The highest BCUT2D eigenvalue weighted by molar-refractivity contribution is 5.81. The lowest BCUT2D eigenvalue weighted by atomic mass is 10.1. The van der Waals surface area contributed by atoms with Crippen molar-refractivity contribution in [1.29, 1.82) is 0 Å². The lowest BCUT2D eigenvalue weighted by Gasteiger charge is -2.30. The first-order chi connectivity index (χ1) is 16.0. The first kappa shape index (κ1) is 23.4. The van der Waals surface area contributed by atoms with Gasteiger partial charge in [0, 0.05) is 51.6 Å². The maximum atomic E-state index is 13.5. The molecule has 1 aliphatic rings. The van der Waals surface area contributed by atoms with Gasteiger partial charge in [-0.25, -0.2) is 4.98 Å². The number of rotatable bonds is 9. The molecule has 1 amide bonds. The van der Waals surface area contributed by atoms with Gasteiger partial charge in [-0.2, -0.15) is 0 Å². The van der Waals surface area contributed by atoms with Crippen LogP contribution in [0.1, 0.15) is 16.8 Å². The number of hydrogen-bond acceptors (Lipinski definition) is 5. The molecule has 0 unspecified atom stereocenters. The van der Waals surface area contributed by atoms with Crippen LogP contribution in [0.4, 0.5) is 0 Å². The molecule has 7 heteroatoms. The van der Waals surface area contributed by atoms with Gasteiger partial charge in [-0.1, -0.05) is 29.8 Å². The Balaban J connectivity index is 1.59. The first-order valence-electron chi connectivity index (χ1n) is 11.7. The van der Waals surface area contributed by atoms with Crippen molar-refractivity contribution in [3.05, 3.63) is 59.4 Å². The molecule has 33 heavy (non-hydrogen) atoms. The monoisotopic (exact) mass is 450 g/mol. The highest BCUT2D eigenvalue weighted by atomic mass is 16.5. The van der Waals surface area contributed by atoms with Gasteiger partial charge < -0.3 is 18.8 Å². The number of pyridine rings is 1. The number of fused-ring (bicyclic) bond motifs is 1. The lowest BCUT2D eigenvalue weighted by Crippen LogP contribution is -2.44. The summed E-state index contributed by atoms with van der Waals surface area (Å²) in [5, 5.41) is 0. The van der Waals surface area contributed by atoms with Crippen molar-refractivity contribution in [2.75, 3.05) is 59.7 Å². The van der Waals surface area contributed by atoms with Gasteiger partial charge in [0.05, 0.1) is 37.6 Å². The average Bonchev–Trinajstić information content (AvgIpc) is 3.17. The molecule has 0 radical (unpaired) electrons. The van der Waals surface area contributed by atoms with Crippen molar-refractivity contribution in [3.8, 4) is 11.3 Å². The minimum atomic E-state index is 0.0936. The summed E-state index contributed by atoms with van der Waals surface area (Å²) >= 11 is 0. The molecule has 4 rings (SSSR count). The van der Waals surface area contributed by atoms with Gasteiger partial charge in [0.25, 0.3) is 0 Å². The minimum Gasteiger partial charge on any atom is -0.383 e. The van der Waals surface area contributed by atoms with Gasteiger partial charge in [0.15, 0.2) is 0 Å². The fourth-order valence-corrected chi connectivity index (χ4v) is 4.21. The van der Waals surface area contributed by atoms with Crippen LogP contribution in [0, 0.1) is 13.8 Å². The summed E-state index contributed by atoms with van der Waals surface area (Å²) < 4.78 is 12.8. The molecule has 3 heterocycles. The molecular formula is C26H34N4O3. The molecule has 1 fully saturated rings. The van der Waals surface area contributed by atoms with Gasteiger partial charge >= 0.3 is 0 Å². The van der Waals surface area contributed by atoms with Crippen LogP contribution in [0.5, 0.6) is 0 Å². The number of hydrogen-bond donors (Lipinski definition) is 0. The van der Waals surface area contributed by atoms with E-state index in [0.717, 1.165) is 61.0 Å². The Morgan fingerprint density at radius 1 is 1.09 bits per heavy atom. The van der Waals surface area contributed by atoms with E-state index >= 15 is 0 Å². The summed E-state index contributed by atoms with van der Waals surface area (Å²) in [6, 6.07) is 12.5. The number of carbonyl (C=O) groups excluding carboxylic acids is 1. The van der Waals surface area contributed by atoms with Gasteiger partial charge in [0.2, 0.25) is 5.91 Å². The van der Waals surface area contributed by atoms with E-state index in [1.165, 1.54) is 5.56 Å². The number of nitrogens with zero attached hydrogens (tertiary/aromatic N) is 4. The van der Waals surface area contributed by atoms with Crippen LogP contribution in [0.2, 0.25) is 0 Å². The van der Waals surface area contributed by atoms with E-state index < -0.39 is 0 Å². The summed E-state index contributed by atoms with van der Waals surface area (Å²) in [5.41, 5.74) is 6.03. The molecule has 0 aliphatic carbocycles. The molecule has 0 N–H and O–H groups in total. The normalized spacial score (nSPS) is 14.6. The predicted molar refractivity (Wildman–Crippen MR) is 130 cm³/mol. The molecule has 176 valence electrons. The van der Waals surface area contributed by atoms with Gasteiger partial charge in [-0.05, 0) is 31.5 Å². The molecular weight excluding hydrogens is 416 g/mol. The highest BCUT2D eigenvalue weighted by Crippen LogP contribution is 2.26. The smallest absolute Gasteiger partial charge is 0.228 e. The molecule has 3 aromatic rings. The number of morpholine rings is 1. The van der Waals surface area contributed by atoms with E-state index in [2.05, 4.69) is 59.5 Å². The number of imidazole rings is 1. The van der Waals surface area contributed by atoms with Gasteiger partial charge in [-0.15, -0.1) is 0 Å². The fraction of sp³-hybridized carbons (Fsp3) is 0.462. The van der Waals surface area contributed by atoms with Crippen molar-refractivity contribution in [3.63, 3.8) is 0 Å². The van der Waals surface area contributed by atoms with Crippen molar-refractivity contribution in [1.82, 2.24) is 19.2 Å². The fourth-order valence-electron chi connectivity index (χ4n) is 4.21. The number of amides is 1. The third-order valence-electron chi connectivity index (χ3n) is 6.23. The molecule has 0 spiro atoms. The number of aryl methyl sites for hydroxylation is 2. The molecule has 1 aromatic carbocycles. The second-order valence-corrected chi connectivity index (χ2v) is 8.71. The van der Waals surface area contributed by atoms with Crippen LogP contribution in [-0.2, 0) is 20.7 Å². The minimum absolute atomic E-state index is 0.0936. The van der Waals surface area contributed by atoms with Crippen LogP contribution in [0.15, 0.2) is 42.6 Å². The maximum absolute atomic E-state index is 13.5. The van der Waals surface area contributed by atoms with E-state index in [-0.39, 0.29) is 5.91 Å². The maximum Gasteiger partial charge on any atom is 0.228 e. The predicted octanol–water partition coefficient (Wildman–Crippen LogP) is 2.97. The number of methoxy groups -OCH3 is 1. The topological polar surface area (TPSA) is 59.3 Å². The number of benzene rings is 1. The highest BCUT2D eigenvalue weighted by Gasteiger charge is 2.22. The number of ether oxygens (including phenoxy) is 2. The van der Waals surface area contributed by atoms with E-state index in [9.17, 15) is 4.79 Å². The first-order valence-corrected chi connectivity index (χ1v) is 11.7. The third-order valence-corrected chi connectivity index (χ3v) is 6.23. The quantitative estimate of drug-likeness (QED) is 0.502. The summed E-state index contributed by atoms with van der Waals surface area (Å²) in [4.78, 5) is 22.7. The van der Waals surface area contributed by atoms with E-state index in [1.54, 1.807) is 7.11 Å². The average molecular weight is 451 g/mol. The number of carbonyl (C=O) groups is 1. The van der Waals surface area contributed by atoms with Crippen molar-refractivity contribution in [2.24, 2.45) is 0 Å². The second-order valence-electron chi connectivity index (χ2n) is 8.71. The molecule has 1 aliphatic heterocycles. The zero-order chi connectivity index (χ0) is 23.2. The zero-order valence-electron chi connectivity index (χ0n) is 19.9. The van der Waals surface area contributed by atoms with Crippen LogP contribution in [-0.4, -0.2) is 84.7 Å². The second kappa shape index (κ2) is 10.9. The Morgan fingerprint density at radius 2 is 1.85 bits per heavy atom. The molecule has 0 atom stereocenters. The summed E-state index contributed by atoms with van der Waals surface area (Å²) in [5.74, 6) is 0.0936. The SMILES string of the molecule is COCCN(CCN1CCOCC1)C(=O)Cc1c(-c2ccc(C)cc2)nc2cc(C)ccn12. The molecule has 0 bridgehead atoms. The summed E-state index contributed by atoms with van der Waals surface area (Å²) in [6.07, 6.45) is 2.31. The Bertz CT molecular complexity index is 1070. The summed E-state index contributed by atoms with van der Waals surface area (Å²) in [7, 11) is 1.67. The Kier molecular flexibility index (Phi) is 7.75. The van der Waals surface area contributed by atoms with Crippen molar-refractivity contribution >= 4 is 11.6 Å². The van der Waals surface area contributed by atoms with Crippen molar-refractivity contribution < 1.29 is 14.3 Å². The van der Waals surface area contributed by atoms with Crippen molar-refractivity contribution in [2.45, 2.75) is 20.3 Å². The summed E-state index contributed by atoms with van der Waals surface area (Å²) in [6.45, 7) is 10.1. The van der Waals surface area contributed by atoms with Crippen LogP contribution >= 0.6 is 0 Å².